The topological polar surface area (TPSA) is 12.0 Å². The molecule has 0 aromatic heterocycles. The van der Waals surface area contributed by atoms with Crippen LogP contribution in [0.25, 0.3) is 0 Å². The van der Waals surface area contributed by atoms with E-state index in [0.717, 1.165) is 0 Å². The summed E-state index contributed by atoms with van der Waals surface area (Å²) >= 11 is 0. The zero-order valence-corrected chi connectivity index (χ0v) is 13.4. The van der Waals surface area contributed by atoms with Crippen molar-refractivity contribution in [2.24, 2.45) is 0 Å². The Kier molecular flexibility index (Phi) is 2.43. The second kappa shape index (κ2) is 4.29. The normalized spacial score (nSPS) is 16.0. The van der Waals surface area contributed by atoms with E-state index in [1.807, 2.05) is 0 Å². The number of anilines is 2. The van der Waals surface area contributed by atoms with Crippen LogP contribution in [0.3, 0.4) is 0 Å². The van der Waals surface area contributed by atoms with Crippen molar-refractivity contribution >= 4 is 34.5 Å². The Bertz CT molecular complexity index is 942. The predicted molar refractivity (Wildman–Crippen MR) is 99.4 cm³/mol. The Labute approximate surface area is 137 Å². The predicted octanol–water partition coefficient (Wildman–Crippen LogP) is 2.90. The van der Waals surface area contributed by atoms with Crippen LogP contribution in [0.15, 0.2) is 66.7 Å². The van der Waals surface area contributed by atoms with Gasteiger partial charge in [-0.2, -0.15) is 0 Å². The zero-order chi connectivity index (χ0) is 15.6. The lowest BCUT2D eigenvalue weighted by Gasteiger charge is -2.42. The van der Waals surface area contributed by atoms with Crippen LogP contribution in [0, 0.1) is 0 Å². The van der Waals surface area contributed by atoms with E-state index < -0.39 is 0 Å². The first-order valence-electron chi connectivity index (χ1n) is 8.26. The summed E-state index contributed by atoms with van der Waals surface area (Å²) in [5, 5.41) is 3.65. The molecule has 0 spiro atoms. The standard InChI is InChI=1S/C21H18BN/c1-21(2)14-8-3-4-10-16(14)22-17-11-5-6-12-18(17)23-19-13-7-9-15(21)20(19)22/h3-13,23H,1-2H3. The Balaban J connectivity index is 1.92. The molecular formula is C21H18BN. The van der Waals surface area contributed by atoms with Crippen LogP contribution in [0.5, 0.6) is 0 Å². The molecule has 1 nitrogen and oxygen atoms in total. The van der Waals surface area contributed by atoms with E-state index in [9.17, 15) is 0 Å². The Morgan fingerprint density at radius 1 is 0.696 bits per heavy atom. The molecule has 0 aliphatic carbocycles. The molecule has 0 atom stereocenters. The highest BCUT2D eigenvalue weighted by molar-refractivity contribution is 6.98. The molecule has 23 heavy (non-hydrogen) atoms. The molecule has 110 valence electrons. The maximum absolute atomic E-state index is 3.65. The largest absolute Gasteiger partial charge is 0.356 e. The van der Waals surface area contributed by atoms with Gasteiger partial charge in [-0.25, -0.2) is 0 Å². The van der Waals surface area contributed by atoms with Gasteiger partial charge < -0.3 is 5.32 Å². The number of hydrogen-bond acceptors (Lipinski definition) is 1. The number of rotatable bonds is 0. The SMILES string of the molecule is CC1(C)c2ccccc2B2c3ccccc3Nc3cccc1c32. The van der Waals surface area contributed by atoms with E-state index in [-0.39, 0.29) is 5.41 Å². The molecule has 0 radical (unpaired) electrons. The summed E-state index contributed by atoms with van der Waals surface area (Å²) in [6.07, 6.45) is 0. The van der Waals surface area contributed by atoms with Crippen LogP contribution < -0.4 is 21.7 Å². The lowest BCUT2D eigenvalue weighted by atomic mass is 9.30. The number of fused-ring (bicyclic) bond motifs is 4. The summed E-state index contributed by atoms with van der Waals surface area (Å²) in [4.78, 5) is 0. The number of para-hydroxylation sites is 1. The highest BCUT2D eigenvalue weighted by Gasteiger charge is 2.43. The van der Waals surface area contributed by atoms with Crippen LogP contribution in [-0.4, -0.2) is 6.71 Å². The molecule has 2 aliphatic rings. The van der Waals surface area contributed by atoms with E-state index in [2.05, 4.69) is 85.9 Å². The monoisotopic (exact) mass is 295 g/mol. The summed E-state index contributed by atoms with van der Waals surface area (Å²) < 4.78 is 0. The van der Waals surface area contributed by atoms with Crippen LogP contribution >= 0.6 is 0 Å². The maximum atomic E-state index is 3.65. The van der Waals surface area contributed by atoms with Crippen molar-refractivity contribution in [1.29, 1.82) is 0 Å². The van der Waals surface area contributed by atoms with Gasteiger partial charge in [-0.3, -0.25) is 0 Å². The molecule has 2 heteroatoms. The summed E-state index contributed by atoms with van der Waals surface area (Å²) in [5.74, 6) is 0. The van der Waals surface area contributed by atoms with Gasteiger partial charge in [0.25, 0.3) is 0 Å². The first-order valence-corrected chi connectivity index (χ1v) is 8.26. The van der Waals surface area contributed by atoms with Crippen LogP contribution in [-0.2, 0) is 5.41 Å². The van der Waals surface area contributed by atoms with Crippen molar-refractivity contribution in [1.82, 2.24) is 0 Å². The number of nitrogens with one attached hydrogen (secondary N) is 1. The molecule has 5 rings (SSSR count). The fourth-order valence-electron chi connectivity index (χ4n) is 4.48. The minimum absolute atomic E-state index is 0.0341. The summed E-state index contributed by atoms with van der Waals surface area (Å²) in [5.41, 5.74) is 9.71. The van der Waals surface area contributed by atoms with Crippen molar-refractivity contribution in [3.8, 4) is 0 Å². The summed E-state index contributed by atoms with van der Waals surface area (Å²) in [7, 11) is 0. The maximum Gasteiger partial charge on any atom is 0.247 e. The lowest BCUT2D eigenvalue weighted by Crippen LogP contribution is -2.63. The van der Waals surface area contributed by atoms with Crippen molar-refractivity contribution in [3.63, 3.8) is 0 Å². The van der Waals surface area contributed by atoms with Gasteiger partial charge in [0.2, 0.25) is 6.71 Å². The molecule has 1 N–H and O–H groups in total. The van der Waals surface area contributed by atoms with Gasteiger partial charge in [-0.1, -0.05) is 73.9 Å². The van der Waals surface area contributed by atoms with E-state index >= 15 is 0 Å². The van der Waals surface area contributed by atoms with Gasteiger partial charge in [-0.15, -0.1) is 0 Å². The average Bonchev–Trinajstić information content (AvgIpc) is 2.58. The zero-order valence-electron chi connectivity index (χ0n) is 13.4. The smallest absolute Gasteiger partial charge is 0.247 e. The first kappa shape index (κ1) is 13.0. The van der Waals surface area contributed by atoms with E-state index in [0.29, 0.717) is 6.71 Å². The van der Waals surface area contributed by atoms with Crippen molar-refractivity contribution < 1.29 is 0 Å². The molecule has 2 aliphatic heterocycles. The quantitative estimate of drug-likeness (QED) is 0.492. The average molecular weight is 295 g/mol. The molecule has 0 fully saturated rings. The first-order chi connectivity index (χ1) is 11.2. The number of hydrogen-bond donors (Lipinski definition) is 1. The second-order valence-corrected chi connectivity index (χ2v) is 7.12. The van der Waals surface area contributed by atoms with Gasteiger partial charge in [0.15, 0.2) is 0 Å². The molecule has 0 bridgehead atoms. The molecule has 0 saturated carbocycles. The summed E-state index contributed by atoms with van der Waals surface area (Å²) in [6, 6.07) is 24.4. The molecule has 2 heterocycles. The summed E-state index contributed by atoms with van der Waals surface area (Å²) in [6.45, 7) is 5.03. The van der Waals surface area contributed by atoms with Gasteiger partial charge in [0.05, 0.1) is 0 Å². The van der Waals surface area contributed by atoms with Crippen molar-refractivity contribution in [2.75, 3.05) is 5.32 Å². The second-order valence-electron chi connectivity index (χ2n) is 7.12. The molecule has 3 aromatic carbocycles. The molecular weight excluding hydrogens is 277 g/mol. The third kappa shape index (κ3) is 1.58. The fraction of sp³-hybridized carbons (Fsp3) is 0.143. The third-order valence-electron chi connectivity index (χ3n) is 5.55. The highest BCUT2D eigenvalue weighted by Crippen LogP contribution is 2.36. The van der Waals surface area contributed by atoms with E-state index in [1.54, 1.807) is 0 Å². The Morgan fingerprint density at radius 3 is 2.22 bits per heavy atom. The highest BCUT2D eigenvalue weighted by atomic mass is 14.9. The van der Waals surface area contributed by atoms with Crippen LogP contribution in [0.1, 0.15) is 25.0 Å². The van der Waals surface area contributed by atoms with Gasteiger partial charge in [0.1, 0.15) is 0 Å². The van der Waals surface area contributed by atoms with Crippen molar-refractivity contribution in [3.05, 3.63) is 77.9 Å². The fourth-order valence-corrected chi connectivity index (χ4v) is 4.48. The minimum atomic E-state index is 0.0341. The van der Waals surface area contributed by atoms with Gasteiger partial charge in [0, 0.05) is 16.8 Å². The van der Waals surface area contributed by atoms with E-state index in [4.69, 9.17) is 0 Å². The lowest BCUT2D eigenvalue weighted by molar-refractivity contribution is 0.646. The van der Waals surface area contributed by atoms with Crippen LogP contribution in [0.4, 0.5) is 11.4 Å². The molecule has 0 amide bonds. The Hall–Kier alpha value is -2.48. The number of benzene rings is 3. The minimum Gasteiger partial charge on any atom is -0.356 e. The third-order valence-corrected chi connectivity index (χ3v) is 5.55. The molecule has 0 saturated heterocycles. The Morgan fingerprint density at radius 2 is 1.35 bits per heavy atom. The van der Waals surface area contributed by atoms with Crippen molar-refractivity contribution in [2.45, 2.75) is 19.3 Å². The molecule has 3 aromatic rings. The van der Waals surface area contributed by atoms with E-state index in [1.165, 1.54) is 38.9 Å². The van der Waals surface area contributed by atoms with Crippen LogP contribution in [0.2, 0.25) is 0 Å². The van der Waals surface area contributed by atoms with Gasteiger partial charge in [-0.05, 0) is 34.2 Å². The van der Waals surface area contributed by atoms with Gasteiger partial charge >= 0.3 is 0 Å². The molecule has 0 unspecified atom stereocenters.